The molecule has 0 aliphatic heterocycles. The second-order valence-electron chi connectivity index (χ2n) is 5.76. The van der Waals surface area contributed by atoms with Gasteiger partial charge in [-0.1, -0.05) is 18.2 Å². The highest BCUT2D eigenvalue weighted by molar-refractivity contribution is 5.95. The Kier molecular flexibility index (Phi) is 4.58. The van der Waals surface area contributed by atoms with E-state index >= 15 is 0 Å². The van der Waals surface area contributed by atoms with Gasteiger partial charge in [-0.2, -0.15) is 0 Å². The maximum atomic E-state index is 12.2. The molecule has 0 unspecified atom stereocenters. The smallest absolute Gasteiger partial charge is 0.340 e. The van der Waals surface area contributed by atoms with Crippen molar-refractivity contribution in [1.29, 1.82) is 0 Å². The van der Waals surface area contributed by atoms with Gasteiger partial charge in [-0.25, -0.2) is 4.79 Å². The molecular weight excluding hydrogens is 264 g/mol. The predicted octanol–water partition coefficient (Wildman–Crippen LogP) is 3.65. The SMILES string of the molecule is CC(C)(C)OC(=O)c1ccccc1NCc1cccnc1. The number of ether oxygens (including phenoxy) is 1. The number of hydrogen-bond acceptors (Lipinski definition) is 4. The molecule has 0 saturated heterocycles. The minimum absolute atomic E-state index is 0.322. The number of hydrogen-bond donors (Lipinski definition) is 1. The summed E-state index contributed by atoms with van der Waals surface area (Å²) >= 11 is 0. The summed E-state index contributed by atoms with van der Waals surface area (Å²) in [6, 6.07) is 11.2. The Hall–Kier alpha value is -2.36. The molecule has 1 aromatic heterocycles. The first kappa shape index (κ1) is 15.0. The molecular formula is C17H20N2O2. The number of nitrogens with zero attached hydrogens (tertiary/aromatic N) is 1. The van der Waals surface area contributed by atoms with Crippen LogP contribution >= 0.6 is 0 Å². The van der Waals surface area contributed by atoms with Gasteiger partial charge >= 0.3 is 5.97 Å². The molecule has 0 aliphatic rings. The van der Waals surface area contributed by atoms with Gasteiger partial charge < -0.3 is 10.1 Å². The van der Waals surface area contributed by atoms with Gasteiger partial charge in [0.15, 0.2) is 0 Å². The lowest BCUT2D eigenvalue weighted by molar-refractivity contribution is 0.00707. The van der Waals surface area contributed by atoms with Gasteiger partial charge in [0.25, 0.3) is 0 Å². The van der Waals surface area contributed by atoms with Crippen LogP contribution in [-0.2, 0) is 11.3 Å². The second-order valence-corrected chi connectivity index (χ2v) is 5.76. The Bertz CT molecular complexity index is 604. The standard InChI is InChI=1S/C17H20N2O2/c1-17(2,3)21-16(20)14-8-4-5-9-15(14)19-12-13-7-6-10-18-11-13/h4-11,19H,12H2,1-3H3. The van der Waals surface area contributed by atoms with Gasteiger partial charge in [0.2, 0.25) is 0 Å². The molecule has 2 aromatic rings. The van der Waals surface area contributed by atoms with Crippen molar-refractivity contribution in [2.24, 2.45) is 0 Å². The number of carbonyl (C=O) groups excluding carboxylic acids is 1. The van der Waals surface area contributed by atoms with Gasteiger partial charge in [-0.3, -0.25) is 4.98 Å². The van der Waals surface area contributed by atoms with Crippen LogP contribution in [0.5, 0.6) is 0 Å². The maximum absolute atomic E-state index is 12.2. The summed E-state index contributed by atoms with van der Waals surface area (Å²) in [4.78, 5) is 16.3. The van der Waals surface area contributed by atoms with Gasteiger partial charge in [-0.05, 0) is 44.5 Å². The van der Waals surface area contributed by atoms with Crippen molar-refractivity contribution in [1.82, 2.24) is 4.98 Å². The first-order chi connectivity index (χ1) is 9.96. The normalized spacial score (nSPS) is 11.0. The fourth-order valence-corrected chi connectivity index (χ4v) is 1.85. The van der Waals surface area contributed by atoms with E-state index in [1.54, 1.807) is 18.5 Å². The van der Waals surface area contributed by atoms with E-state index in [1.165, 1.54) is 0 Å². The molecule has 0 bridgehead atoms. The molecule has 4 heteroatoms. The molecule has 0 fully saturated rings. The fourth-order valence-electron chi connectivity index (χ4n) is 1.85. The molecule has 110 valence electrons. The largest absolute Gasteiger partial charge is 0.456 e. The van der Waals surface area contributed by atoms with Gasteiger partial charge in [0.1, 0.15) is 5.60 Å². The van der Waals surface area contributed by atoms with Crippen LogP contribution in [0.3, 0.4) is 0 Å². The molecule has 0 radical (unpaired) electrons. The lowest BCUT2D eigenvalue weighted by Crippen LogP contribution is -2.24. The number of rotatable bonds is 4. The van der Waals surface area contributed by atoms with Crippen molar-refractivity contribution in [2.45, 2.75) is 32.9 Å². The molecule has 4 nitrogen and oxygen atoms in total. The van der Waals surface area contributed by atoms with Crippen molar-refractivity contribution in [3.63, 3.8) is 0 Å². The average molecular weight is 284 g/mol. The maximum Gasteiger partial charge on any atom is 0.340 e. The minimum atomic E-state index is -0.506. The molecule has 0 spiro atoms. The summed E-state index contributed by atoms with van der Waals surface area (Å²) < 4.78 is 5.43. The number of benzene rings is 1. The monoisotopic (exact) mass is 284 g/mol. The Morgan fingerprint density at radius 1 is 1.19 bits per heavy atom. The summed E-state index contributed by atoms with van der Waals surface area (Å²) in [5.74, 6) is -0.322. The van der Waals surface area contributed by atoms with E-state index < -0.39 is 5.60 Å². The number of nitrogens with one attached hydrogen (secondary N) is 1. The van der Waals surface area contributed by atoms with Crippen molar-refractivity contribution in [3.8, 4) is 0 Å². The highest BCUT2D eigenvalue weighted by atomic mass is 16.6. The van der Waals surface area contributed by atoms with Crippen LogP contribution in [0, 0.1) is 0 Å². The first-order valence-electron chi connectivity index (χ1n) is 6.91. The van der Waals surface area contributed by atoms with E-state index in [0.717, 1.165) is 11.3 Å². The zero-order valence-electron chi connectivity index (χ0n) is 12.6. The van der Waals surface area contributed by atoms with E-state index in [-0.39, 0.29) is 5.97 Å². The zero-order valence-corrected chi connectivity index (χ0v) is 12.6. The summed E-state index contributed by atoms with van der Waals surface area (Å²) in [6.45, 7) is 6.18. The zero-order chi connectivity index (χ0) is 15.3. The number of pyridine rings is 1. The molecule has 1 aromatic carbocycles. The molecule has 2 rings (SSSR count). The van der Waals surface area contributed by atoms with Crippen molar-refractivity contribution >= 4 is 11.7 Å². The minimum Gasteiger partial charge on any atom is -0.456 e. The lowest BCUT2D eigenvalue weighted by Gasteiger charge is -2.20. The Labute approximate surface area is 125 Å². The third kappa shape index (κ3) is 4.60. The second kappa shape index (κ2) is 6.39. The number of aromatic nitrogens is 1. The number of para-hydroxylation sites is 1. The molecule has 0 amide bonds. The third-order valence-electron chi connectivity index (χ3n) is 2.75. The van der Waals surface area contributed by atoms with Gasteiger partial charge in [0, 0.05) is 24.6 Å². The van der Waals surface area contributed by atoms with Crippen molar-refractivity contribution < 1.29 is 9.53 Å². The predicted molar refractivity (Wildman–Crippen MR) is 83.2 cm³/mol. The average Bonchev–Trinajstić information content (AvgIpc) is 2.45. The highest BCUT2D eigenvalue weighted by Crippen LogP contribution is 2.20. The molecule has 21 heavy (non-hydrogen) atoms. The Morgan fingerprint density at radius 3 is 2.62 bits per heavy atom. The van der Waals surface area contributed by atoms with E-state index in [0.29, 0.717) is 12.1 Å². The molecule has 0 atom stereocenters. The number of anilines is 1. The van der Waals surface area contributed by atoms with E-state index in [1.807, 2.05) is 51.1 Å². The molecule has 0 saturated carbocycles. The van der Waals surface area contributed by atoms with Crippen LogP contribution in [0.15, 0.2) is 48.8 Å². The summed E-state index contributed by atoms with van der Waals surface area (Å²) in [6.07, 6.45) is 3.53. The van der Waals surface area contributed by atoms with E-state index in [9.17, 15) is 4.79 Å². The lowest BCUT2D eigenvalue weighted by atomic mass is 10.1. The van der Waals surface area contributed by atoms with Crippen LogP contribution in [0.4, 0.5) is 5.69 Å². The van der Waals surface area contributed by atoms with Crippen LogP contribution in [0.2, 0.25) is 0 Å². The highest BCUT2D eigenvalue weighted by Gasteiger charge is 2.19. The van der Waals surface area contributed by atoms with Crippen LogP contribution < -0.4 is 5.32 Å². The quantitative estimate of drug-likeness (QED) is 0.871. The summed E-state index contributed by atoms with van der Waals surface area (Å²) in [5, 5.41) is 3.26. The van der Waals surface area contributed by atoms with E-state index in [4.69, 9.17) is 4.74 Å². The summed E-state index contributed by atoms with van der Waals surface area (Å²) in [5.41, 5.74) is 1.84. The van der Waals surface area contributed by atoms with Crippen LogP contribution in [0.25, 0.3) is 0 Å². The van der Waals surface area contributed by atoms with Crippen molar-refractivity contribution in [3.05, 3.63) is 59.9 Å². The number of esters is 1. The van der Waals surface area contributed by atoms with Gasteiger partial charge in [0.05, 0.1) is 5.56 Å². The fraction of sp³-hybridized carbons (Fsp3) is 0.294. The number of carbonyl (C=O) groups is 1. The van der Waals surface area contributed by atoms with E-state index in [2.05, 4.69) is 10.3 Å². The van der Waals surface area contributed by atoms with Crippen LogP contribution in [-0.4, -0.2) is 16.6 Å². The molecule has 1 heterocycles. The van der Waals surface area contributed by atoms with Crippen molar-refractivity contribution in [2.75, 3.05) is 5.32 Å². The Balaban J connectivity index is 2.12. The van der Waals surface area contributed by atoms with Crippen LogP contribution in [0.1, 0.15) is 36.7 Å². The Morgan fingerprint density at radius 2 is 1.95 bits per heavy atom. The topological polar surface area (TPSA) is 51.2 Å². The molecule has 0 aliphatic carbocycles. The third-order valence-corrected chi connectivity index (χ3v) is 2.75. The summed E-state index contributed by atoms with van der Waals surface area (Å²) in [7, 11) is 0. The van der Waals surface area contributed by atoms with Gasteiger partial charge in [-0.15, -0.1) is 0 Å². The first-order valence-corrected chi connectivity index (χ1v) is 6.91. The molecule has 1 N–H and O–H groups in total.